The highest BCUT2D eigenvalue weighted by Gasteiger charge is 2.79. The Labute approximate surface area is 242 Å². The van der Waals surface area contributed by atoms with Crippen molar-refractivity contribution in [2.75, 3.05) is 24.7 Å². The normalized spacial score (nSPS) is 29.2. The van der Waals surface area contributed by atoms with Crippen LogP contribution in [-0.2, 0) is 23.9 Å². The second-order valence-electron chi connectivity index (χ2n) is 12.1. The summed E-state index contributed by atoms with van der Waals surface area (Å²) >= 11 is 0. The van der Waals surface area contributed by atoms with E-state index in [0.717, 1.165) is 10.8 Å². The molecule has 8 heteroatoms. The topological polar surface area (TPSA) is 96.4 Å². The quantitative estimate of drug-likeness (QED) is 0.320. The molecule has 1 N–H and O–H groups in total. The van der Waals surface area contributed by atoms with Crippen LogP contribution in [0.25, 0.3) is 10.8 Å². The average Bonchev–Trinajstić information content (AvgIpc) is 3.57. The van der Waals surface area contributed by atoms with Gasteiger partial charge in [-0.3, -0.25) is 14.4 Å². The Morgan fingerprint density at radius 1 is 1.20 bits per heavy atom. The fourth-order valence-corrected chi connectivity index (χ4v) is 7.68. The van der Waals surface area contributed by atoms with Crippen molar-refractivity contribution >= 4 is 34.2 Å². The number of carbonyl (C=O) groups is 3. The molecule has 220 valence electrons. The first-order valence-electron chi connectivity index (χ1n) is 14.9. The van der Waals surface area contributed by atoms with Crippen molar-refractivity contribution in [1.29, 1.82) is 0 Å². The SMILES string of the molecule is C=CCN(C(=O)C1N([C@@H](CO)CC(C)C)C(=O)[C@@H]2[C@H](C(=O)OCC)[C@]3(CC)CCC12O3)c1ccc2ccccc2c1. The molecule has 2 aromatic rings. The van der Waals surface area contributed by atoms with Crippen LogP contribution in [0, 0.1) is 17.8 Å². The Bertz CT molecular complexity index is 1340. The number of aliphatic hydroxyl groups excluding tert-OH is 1. The van der Waals surface area contributed by atoms with Crippen LogP contribution in [0.1, 0.15) is 53.4 Å². The molecular weight excluding hydrogens is 520 g/mol. The van der Waals surface area contributed by atoms with Gasteiger partial charge in [0.1, 0.15) is 17.6 Å². The molecule has 0 aromatic heterocycles. The number of anilines is 1. The van der Waals surface area contributed by atoms with Crippen molar-refractivity contribution in [3.8, 4) is 0 Å². The van der Waals surface area contributed by atoms with Gasteiger partial charge in [0.2, 0.25) is 5.91 Å². The van der Waals surface area contributed by atoms with Gasteiger partial charge in [-0.15, -0.1) is 6.58 Å². The average molecular weight is 563 g/mol. The van der Waals surface area contributed by atoms with E-state index < -0.39 is 41.1 Å². The van der Waals surface area contributed by atoms with Gasteiger partial charge in [-0.05, 0) is 61.4 Å². The van der Waals surface area contributed by atoms with Gasteiger partial charge in [0.05, 0.1) is 30.8 Å². The third kappa shape index (κ3) is 4.56. The van der Waals surface area contributed by atoms with Gasteiger partial charge in [-0.25, -0.2) is 0 Å². The zero-order chi connectivity index (χ0) is 29.5. The van der Waals surface area contributed by atoms with Crippen molar-refractivity contribution in [2.24, 2.45) is 17.8 Å². The lowest BCUT2D eigenvalue weighted by Gasteiger charge is -2.40. The molecule has 2 unspecified atom stereocenters. The predicted octanol–water partition coefficient (Wildman–Crippen LogP) is 4.48. The molecular formula is C33H42N2O6. The molecule has 8 nitrogen and oxygen atoms in total. The fraction of sp³-hybridized carbons (Fsp3) is 0.545. The first kappa shape index (κ1) is 29.3. The van der Waals surface area contributed by atoms with Crippen LogP contribution < -0.4 is 4.90 Å². The number of hydrogen-bond donors (Lipinski definition) is 1. The highest BCUT2D eigenvalue weighted by molar-refractivity contribution is 6.05. The van der Waals surface area contributed by atoms with E-state index in [9.17, 15) is 19.5 Å². The summed E-state index contributed by atoms with van der Waals surface area (Å²) in [5, 5.41) is 12.6. The molecule has 3 fully saturated rings. The van der Waals surface area contributed by atoms with Crippen molar-refractivity contribution in [1.82, 2.24) is 4.90 Å². The van der Waals surface area contributed by atoms with E-state index in [2.05, 4.69) is 6.58 Å². The molecule has 3 aliphatic heterocycles. The van der Waals surface area contributed by atoms with Crippen LogP contribution in [0.3, 0.4) is 0 Å². The number of carbonyl (C=O) groups excluding carboxylic acids is 3. The summed E-state index contributed by atoms with van der Waals surface area (Å²) in [5.74, 6) is -2.56. The molecule has 3 heterocycles. The Morgan fingerprint density at radius 2 is 1.93 bits per heavy atom. The number of aliphatic hydroxyl groups is 1. The van der Waals surface area contributed by atoms with Crippen molar-refractivity contribution in [3.63, 3.8) is 0 Å². The summed E-state index contributed by atoms with van der Waals surface area (Å²) in [6, 6.07) is 12.2. The van der Waals surface area contributed by atoms with E-state index in [1.165, 1.54) is 0 Å². The second-order valence-corrected chi connectivity index (χ2v) is 12.1. The minimum Gasteiger partial charge on any atom is -0.466 e. The lowest BCUT2D eigenvalue weighted by atomic mass is 9.65. The van der Waals surface area contributed by atoms with Gasteiger partial charge in [-0.1, -0.05) is 57.2 Å². The van der Waals surface area contributed by atoms with E-state index >= 15 is 0 Å². The first-order valence-corrected chi connectivity index (χ1v) is 14.9. The lowest BCUT2D eigenvalue weighted by Crippen LogP contribution is -2.59. The Hall–Kier alpha value is -3.23. The number of rotatable bonds is 11. The van der Waals surface area contributed by atoms with E-state index in [1.54, 1.807) is 22.8 Å². The smallest absolute Gasteiger partial charge is 0.312 e. The number of benzene rings is 2. The third-order valence-electron chi connectivity index (χ3n) is 9.36. The maximum absolute atomic E-state index is 14.9. The van der Waals surface area contributed by atoms with Gasteiger partial charge in [0, 0.05) is 12.2 Å². The third-order valence-corrected chi connectivity index (χ3v) is 9.36. The van der Waals surface area contributed by atoms with E-state index in [0.29, 0.717) is 31.4 Å². The summed E-state index contributed by atoms with van der Waals surface area (Å²) in [7, 11) is 0. The van der Waals surface area contributed by atoms with Crippen molar-refractivity contribution in [3.05, 3.63) is 55.1 Å². The van der Waals surface area contributed by atoms with Crippen LogP contribution in [0.5, 0.6) is 0 Å². The van der Waals surface area contributed by atoms with Gasteiger partial charge in [0.15, 0.2) is 0 Å². The van der Waals surface area contributed by atoms with Crippen molar-refractivity contribution < 1.29 is 29.0 Å². The maximum atomic E-state index is 14.9. The Balaban J connectivity index is 1.65. The molecule has 2 aromatic carbocycles. The highest BCUT2D eigenvalue weighted by atomic mass is 16.6. The number of nitrogens with zero attached hydrogens (tertiary/aromatic N) is 2. The maximum Gasteiger partial charge on any atom is 0.312 e. The summed E-state index contributed by atoms with van der Waals surface area (Å²) in [6.45, 7) is 11.8. The number of hydrogen-bond acceptors (Lipinski definition) is 6. The van der Waals surface area contributed by atoms with Crippen LogP contribution in [-0.4, -0.2) is 70.8 Å². The standard InChI is InChI=1S/C33H42N2O6/c1-6-17-34(24-14-13-22-11-9-10-12-23(22)19-24)30(38)28-33-16-15-32(7-2,41-33)27(31(39)40-8-3)26(33)29(37)35(28)25(20-36)18-21(4)5/h6,9-14,19,21,25-28,36H,1,7-8,15-18,20H2,2-5H3/t25-,26+,27-,28?,32+,33?/m1/s1. The lowest BCUT2D eigenvalue weighted by molar-refractivity contribution is -0.161. The van der Waals surface area contributed by atoms with Gasteiger partial charge < -0.3 is 24.4 Å². The summed E-state index contributed by atoms with van der Waals surface area (Å²) in [5.41, 5.74) is -1.37. The first-order chi connectivity index (χ1) is 19.7. The molecule has 3 aliphatic rings. The van der Waals surface area contributed by atoms with Crippen LogP contribution >= 0.6 is 0 Å². The van der Waals surface area contributed by atoms with E-state index in [1.807, 2.05) is 63.2 Å². The Kier molecular flexibility index (Phi) is 8.01. The summed E-state index contributed by atoms with van der Waals surface area (Å²) in [4.78, 5) is 46.0. The van der Waals surface area contributed by atoms with Crippen LogP contribution in [0.2, 0.25) is 0 Å². The molecule has 41 heavy (non-hydrogen) atoms. The largest absolute Gasteiger partial charge is 0.466 e. The van der Waals surface area contributed by atoms with Crippen LogP contribution in [0.15, 0.2) is 55.1 Å². The molecule has 2 amide bonds. The highest BCUT2D eigenvalue weighted by Crippen LogP contribution is 2.65. The van der Waals surface area contributed by atoms with Gasteiger partial charge in [0.25, 0.3) is 5.91 Å². The Morgan fingerprint density at radius 3 is 2.56 bits per heavy atom. The van der Waals surface area contributed by atoms with Crippen LogP contribution in [0.4, 0.5) is 5.69 Å². The summed E-state index contributed by atoms with van der Waals surface area (Å²) in [6.07, 6.45) is 3.73. The zero-order valence-corrected chi connectivity index (χ0v) is 24.5. The second kappa shape index (κ2) is 11.2. The van der Waals surface area contributed by atoms with E-state index in [4.69, 9.17) is 9.47 Å². The molecule has 0 aliphatic carbocycles. The molecule has 1 spiro atoms. The predicted molar refractivity (Wildman–Crippen MR) is 157 cm³/mol. The van der Waals surface area contributed by atoms with Gasteiger partial charge >= 0.3 is 5.97 Å². The minimum absolute atomic E-state index is 0.165. The van der Waals surface area contributed by atoms with Gasteiger partial charge in [-0.2, -0.15) is 0 Å². The molecule has 6 atom stereocenters. The molecule has 3 saturated heterocycles. The monoisotopic (exact) mass is 562 g/mol. The fourth-order valence-electron chi connectivity index (χ4n) is 7.68. The number of fused-ring (bicyclic) bond motifs is 2. The minimum atomic E-state index is -1.19. The molecule has 0 saturated carbocycles. The molecule has 0 radical (unpaired) electrons. The van der Waals surface area contributed by atoms with Crippen molar-refractivity contribution in [2.45, 2.75) is 76.7 Å². The number of ether oxygens (including phenoxy) is 2. The zero-order valence-electron chi connectivity index (χ0n) is 24.5. The molecule has 5 rings (SSSR count). The number of likely N-dealkylation sites (tertiary alicyclic amines) is 1. The number of esters is 1. The molecule has 2 bridgehead atoms. The summed E-state index contributed by atoms with van der Waals surface area (Å²) < 4.78 is 12.3. The number of amides is 2. The van der Waals surface area contributed by atoms with E-state index in [-0.39, 0.29) is 37.5 Å².